The van der Waals surface area contributed by atoms with Gasteiger partial charge >= 0.3 is 5.97 Å². The molecule has 0 spiro atoms. The van der Waals surface area contributed by atoms with Gasteiger partial charge in [0.25, 0.3) is 5.91 Å². The molecular weight excluding hydrogens is 375 g/mol. The average Bonchev–Trinajstić information content (AvgIpc) is 3.06. The Kier molecular flexibility index (Phi) is 5.71. The summed E-state index contributed by atoms with van der Waals surface area (Å²) in [6.45, 7) is 0.120. The first kappa shape index (κ1) is 18.8. The van der Waals surface area contributed by atoms with Crippen molar-refractivity contribution in [2.75, 3.05) is 23.4 Å². The molecule has 1 saturated heterocycles. The van der Waals surface area contributed by atoms with Crippen LogP contribution in [0.25, 0.3) is 0 Å². The molecule has 0 atom stereocenters. The van der Waals surface area contributed by atoms with Crippen LogP contribution in [0.2, 0.25) is 5.02 Å². The van der Waals surface area contributed by atoms with Crippen LogP contribution in [0.4, 0.5) is 15.8 Å². The van der Waals surface area contributed by atoms with E-state index in [1.54, 1.807) is 29.2 Å². The van der Waals surface area contributed by atoms with E-state index >= 15 is 0 Å². The second-order valence-corrected chi connectivity index (χ2v) is 6.38. The molecule has 1 aliphatic heterocycles. The van der Waals surface area contributed by atoms with Crippen LogP contribution in [-0.2, 0) is 14.3 Å². The Morgan fingerprint density at radius 1 is 1.19 bits per heavy atom. The summed E-state index contributed by atoms with van der Waals surface area (Å²) in [4.78, 5) is 37.2. The first-order valence-corrected chi connectivity index (χ1v) is 8.64. The SMILES string of the molecule is O=C(COC(=O)c1ccc(Cl)cc1F)Nc1ccc(N2CCCC2=O)cc1. The molecule has 27 heavy (non-hydrogen) atoms. The molecule has 1 fully saturated rings. The van der Waals surface area contributed by atoms with Crippen LogP contribution >= 0.6 is 11.6 Å². The van der Waals surface area contributed by atoms with Crippen LogP contribution in [0.1, 0.15) is 23.2 Å². The van der Waals surface area contributed by atoms with Gasteiger partial charge < -0.3 is 15.0 Å². The lowest BCUT2D eigenvalue weighted by Crippen LogP contribution is -2.24. The lowest BCUT2D eigenvalue weighted by molar-refractivity contribution is -0.119. The fraction of sp³-hybridized carbons (Fsp3) is 0.211. The van der Waals surface area contributed by atoms with Crippen LogP contribution in [-0.4, -0.2) is 30.9 Å². The highest BCUT2D eigenvalue weighted by Gasteiger charge is 2.21. The van der Waals surface area contributed by atoms with Crippen LogP contribution in [0, 0.1) is 5.82 Å². The lowest BCUT2D eigenvalue weighted by atomic mass is 10.2. The number of anilines is 2. The predicted molar refractivity (Wildman–Crippen MR) is 98.4 cm³/mol. The number of hydrogen-bond donors (Lipinski definition) is 1. The first-order valence-electron chi connectivity index (χ1n) is 8.26. The van der Waals surface area contributed by atoms with Crippen LogP contribution < -0.4 is 10.2 Å². The Labute approximate surface area is 159 Å². The third-order valence-corrected chi connectivity index (χ3v) is 4.26. The lowest BCUT2D eigenvalue weighted by Gasteiger charge is -2.16. The molecule has 1 N–H and O–H groups in total. The molecule has 0 radical (unpaired) electrons. The number of rotatable bonds is 5. The van der Waals surface area contributed by atoms with E-state index in [2.05, 4.69) is 5.32 Å². The van der Waals surface area contributed by atoms with E-state index in [4.69, 9.17) is 16.3 Å². The summed E-state index contributed by atoms with van der Waals surface area (Å²) in [5, 5.41) is 2.72. The predicted octanol–water partition coefficient (Wildman–Crippen LogP) is 3.40. The molecule has 0 aliphatic carbocycles. The van der Waals surface area contributed by atoms with Crippen molar-refractivity contribution < 1.29 is 23.5 Å². The maximum Gasteiger partial charge on any atom is 0.341 e. The molecule has 0 saturated carbocycles. The molecule has 0 aromatic heterocycles. The van der Waals surface area contributed by atoms with E-state index < -0.39 is 24.3 Å². The van der Waals surface area contributed by atoms with E-state index in [0.29, 0.717) is 18.7 Å². The van der Waals surface area contributed by atoms with Crippen molar-refractivity contribution in [1.82, 2.24) is 0 Å². The van der Waals surface area contributed by atoms with E-state index in [1.807, 2.05) is 0 Å². The van der Waals surface area contributed by atoms with Crippen LogP contribution in [0.15, 0.2) is 42.5 Å². The molecule has 1 aliphatic rings. The van der Waals surface area contributed by atoms with Crippen LogP contribution in [0.3, 0.4) is 0 Å². The highest BCUT2D eigenvalue weighted by atomic mass is 35.5. The number of nitrogens with zero attached hydrogens (tertiary/aromatic N) is 1. The molecular formula is C19H16ClFN2O4. The van der Waals surface area contributed by atoms with Crippen molar-refractivity contribution in [3.8, 4) is 0 Å². The van der Waals surface area contributed by atoms with Crippen molar-refractivity contribution >= 4 is 40.8 Å². The standard InChI is InChI=1S/C19H16ClFN2O4/c20-12-3-8-15(16(21)10-12)19(26)27-11-17(24)22-13-4-6-14(7-5-13)23-9-1-2-18(23)25/h3-8,10H,1-2,9,11H2,(H,22,24). The average molecular weight is 391 g/mol. The van der Waals surface area contributed by atoms with E-state index in [9.17, 15) is 18.8 Å². The minimum absolute atomic E-state index is 0.0770. The highest BCUT2D eigenvalue weighted by Crippen LogP contribution is 2.23. The molecule has 2 aromatic rings. The Balaban J connectivity index is 1.53. The van der Waals surface area contributed by atoms with E-state index in [-0.39, 0.29) is 16.5 Å². The minimum atomic E-state index is -0.956. The number of hydrogen-bond acceptors (Lipinski definition) is 4. The molecule has 2 amide bonds. The van der Waals surface area contributed by atoms with Gasteiger partial charge in [-0.3, -0.25) is 9.59 Å². The van der Waals surface area contributed by atoms with Gasteiger partial charge in [0.05, 0.1) is 5.56 Å². The summed E-state index contributed by atoms with van der Waals surface area (Å²) in [7, 11) is 0. The van der Waals surface area contributed by atoms with Crippen molar-refractivity contribution in [3.63, 3.8) is 0 Å². The summed E-state index contributed by atoms with van der Waals surface area (Å²) >= 11 is 5.62. The van der Waals surface area contributed by atoms with Gasteiger partial charge in [-0.05, 0) is 48.9 Å². The Morgan fingerprint density at radius 2 is 1.93 bits per heavy atom. The van der Waals surface area contributed by atoms with E-state index in [0.717, 1.165) is 18.2 Å². The third-order valence-electron chi connectivity index (χ3n) is 4.02. The van der Waals surface area contributed by atoms with Crippen molar-refractivity contribution in [2.45, 2.75) is 12.8 Å². The zero-order valence-electron chi connectivity index (χ0n) is 14.2. The van der Waals surface area contributed by atoms with Crippen molar-refractivity contribution in [1.29, 1.82) is 0 Å². The number of nitrogens with one attached hydrogen (secondary N) is 1. The molecule has 2 aromatic carbocycles. The quantitative estimate of drug-likeness (QED) is 0.794. The molecule has 3 rings (SSSR count). The summed E-state index contributed by atoms with van der Waals surface area (Å²) in [5.74, 6) is -2.27. The Bertz CT molecular complexity index is 886. The number of benzene rings is 2. The minimum Gasteiger partial charge on any atom is -0.452 e. The highest BCUT2D eigenvalue weighted by molar-refractivity contribution is 6.30. The monoisotopic (exact) mass is 390 g/mol. The largest absolute Gasteiger partial charge is 0.452 e. The second kappa shape index (κ2) is 8.18. The van der Waals surface area contributed by atoms with Crippen molar-refractivity contribution in [2.24, 2.45) is 0 Å². The van der Waals surface area contributed by atoms with E-state index in [1.165, 1.54) is 12.1 Å². The van der Waals surface area contributed by atoms with Gasteiger partial charge in [-0.15, -0.1) is 0 Å². The molecule has 1 heterocycles. The smallest absolute Gasteiger partial charge is 0.341 e. The third kappa shape index (κ3) is 4.62. The van der Waals surface area contributed by atoms with Crippen molar-refractivity contribution in [3.05, 3.63) is 58.9 Å². The number of halogens is 2. The normalized spacial score (nSPS) is 13.6. The van der Waals surface area contributed by atoms with Gasteiger partial charge in [0.1, 0.15) is 5.82 Å². The number of esters is 1. The topological polar surface area (TPSA) is 75.7 Å². The number of carbonyl (C=O) groups excluding carboxylic acids is 3. The van der Waals surface area contributed by atoms with Gasteiger partial charge in [0.15, 0.2) is 6.61 Å². The first-order chi connectivity index (χ1) is 12.9. The van der Waals surface area contributed by atoms with Crippen LogP contribution in [0.5, 0.6) is 0 Å². The van der Waals surface area contributed by atoms with Gasteiger partial charge in [-0.1, -0.05) is 11.6 Å². The summed E-state index contributed by atoms with van der Waals surface area (Å²) in [5.41, 5.74) is 0.955. The molecule has 6 nitrogen and oxygen atoms in total. The maximum atomic E-state index is 13.7. The van der Waals surface area contributed by atoms with Gasteiger partial charge in [0.2, 0.25) is 5.91 Å². The Hall–Kier alpha value is -2.93. The second-order valence-electron chi connectivity index (χ2n) is 5.94. The molecule has 0 bridgehead atoms. The molecule has 0 unspecified atom stereocenters. The van der Waals surface area contributed by atoms with Gasteiger partial charge in [-0.25, -0.2) is 9.18 Å². The fourth-order valence-corrected chi connectivity index (χ4v) is 2.87. The zero-order chi connectivity index (χ0) is 19.4. The summed E-state index contributed by atoms with van der Waals surface area (Å²) < 4.78 is 18.5. The maximum absolute atomic E-state index is 13.7. The van der Waals surface area contributed by atoms with Gasteiger partial charge in [-0.2, -0.15) is 0 Å². The summed E-state index contributed by atoms with van der Waals surface area (Å²) in [6.07, 6.45) is 1.37. The number of carbonyl (C=O) groups is 3. The molecule has 8 heteroatoms. The van der Waals surface area contributed by atoms with Gasteiger partial charge in [0, 0.05) is 29.4 Å². The Morgan fingerprint density at radius 3 is 2.56 bits per heavy atom. The number of amides is 2. The summed E-state index contributed by atoms with van der Waals surface area (Å²) in [6, 6.07) is 10.3. The zero-order valence-corrected chi connectivity index (χ0v) is 15.0. The molecule has 140 valence electrons. The number of ether oxygens (including phenoxy) is 1. The fourth-order valence-electron chi connectivity index (χ4n) is 2.71.